The first-order chi connectivity index (χ1) is 11.6. The van der Waals surface area contributed by atoms with E-state index in [1.165, 1.54) is 0 Å². The van der Waals surface area contributed by atoms with Gasteiger partial charge in [-0.15, -0.1) is 0 Å². The molecule has 3 nitrogen and oxygen atoms in total. The molecule has 0 unspecified atom stereocenters. The lowest BCUT2D eigenvalue weighted by molar-refractivity contribution is 0.0699. The summed E-state index contributed by atoms with van der Waals surface area (Å²) < 4.78 is 0. The first-order valence-corrected chi connectivity index (χ1v) is 7.76. The number of aryl methyl sites for hydroxylation is 1. The lowest BCUT2D eigenvalue weighted by atomic mass is 9.98. The number of carboxylic acids is 1. The molecule has 0 spiro atoms. The highest BCUT2D eigenvalue weighted by atomic mass is 16.4. The third-order valence-electron chi connectivity index (χ3n) is 4.26. The Bertz CT molecular complexity index is 1090. The Morgan fingerprint density at radius 3 is 2.54 bits per heavy atom. The number of hydrogen-bond acceptors (Lipinski definition) is 2. The topological polar surface area (TPSA) is 50.2 Å². The molecule has 0 saturated carbocycles. The van der Waals surface area contributed by atoms with E-state index in [1.54, 1.807) is 6.07 Å². The number of aromatic carboxylic acids is 1. The van der Waals surface area contributed by atoms with Crippen molar-refractivity contribution in [3.8, 4) is 11.3 Å². The number of hydrogen-bond donors (Lipinski definition) is 1. The minimum absolute atomic E-state index is 0.284. The predicted molar refractivity (Wildman–Crippen MR) is 96.4 cm³/mol. The minimum atomic E-state index is -0.936. The van der Waals surface area contributed by atoms with Gasteiger partial charge in [0, 0.05) is 10.9 Å². The summed E-state index contributed by atoms with van der Waals surface area (Å²) in [4.78, 5) is 16.5. The normalized spacial score (nSPS) is 11.0. The van der Waals surface area contributed by atoms with Crippen molar-refractivity contribution in [2.24, 2.45) is 0 Å². The molecule has 1 N–H and O–H groups in total. The van der Waals surface area contributed by atoms with Crippen LogP contribution in [0.1, 0.15) is 15.9 Å². The number of pyridine rings is 1. The molecule has 0 aliphatic carbocycles. The molecule has 3 aromatic carbocycles. The van der Waals surface area contributed by atoms with Crippen LogP contribution < -0.4 is 0 Å². The summed E-state index contributed by atoms with van der Waals surface area (Å²) in [7, 11) is 0. The van der Waals surface area contributed by atoms with Gasteiger partial charge in [-0.25, -0.2) is 9.78 Å². The lowest BCUT2D eigenvalue weighted by Gasteiger charge is -2.10. The summed E-state index contributed by atoms with van der Waals surface area (Å²) >= 11 is 0. The van der Waals surface area contributed by atoms with Crippen LogP contribution >= 0.6 is 0 Å². The van der Waals surface area contributed by atoms with Gasteiger partial charge >= 0.3 is 5.97 Å². The zero-order valence-corrected chi connectivity index (χ0v) is 13.2. The molecule has 3 heteroatoms. The maximum atomic E-state index is 11.7. The van der Waals surface area contributed by atoms with Gasteiger partial charge in [0.15, 0.2) is 0 Å². The number of nitrogens with zero attached hydrogens (tertiary/aromatic N) is 1. The van der Waals surface area contributed by atoms with E-state index < -0.39 is 5.97 Å². The van der Waals surface area contributed by atoms with Crippen LogP contribution in [0.4, 0.5) is 0 Å². The van der Waals surface area contributed by atoms with E-state index in [9.17, 15) is 9.90 Å². The Morgan fingerprint density at radius 2 is 1.71 bits per heavy atom. The Morgan fingerprint density at radius 1 is 0.917 bits per heavy atom. The van der Waals surface area contributed by atoms with Crippen molar-refractivity contribution in [1.29, 1.82) is 0 Å². The van der Waals surface area contributed by atoms with Crippen molar-refractivity contribution in [1.82, 2.24) is 4.98 Å². The van der Waals surface area contributed by atoms with E-state index in [1.807, 2.05) is 67.6 Å². The van der Waals surface area contributed by atoms with Gasteiger partial charge in [-0.3, -0.25) is 0 Å². The molecule has 0 fully saturated rings. The highest BCUT2D eigenvalue weighted by molar-refractivity contribution is 6.05. The lowest BCUT2D eigenvalue weighted by Crippen LogP contribution is -2.00. The van der Waals surface area contributed by atoms with Crippen LogP contribution in [0.25, 0.3) is 32.9 Å². The summed E-state index contributed by atoms with van der Waals surface area (Å²) in [5.74, 6) is -0.936. The Kier molecular flexibility index (Phi) is 3.28. The van der Waals surface area contributed by atoms with Crippen LogP contribution in [0.3, 0.4) is 0 Å². The quantitative estimate of drug-likeness (QED) is 0.562. The molecular weight excluding hydrogens is 298 g/mol. The van der Waals surface area contributed by atoms with Crippen LogP contribution in [-0.4, -0.2) is 16.1 Å². The van der Waals surface area contributed by atoms with Crippen LogP contribution in [0.2, 0.25) is 0 Å². The smallest absolute Gasteiger partial charge is 0.336 e. The van der Waals surface area contributed by atoms with Gasteiger partial charge < -0.3 is 5.11 Å². The molecule has 4 aromatic rings. The average molecular weight is 313 g/mol. The second-order valence-electron chi connectivity index (χ2n) is 5.91. The van der Waals surface area contributed by atoms with Crippen molar-refractivity contribution in [3.63, 3.8) is 0 Å². The summed E-state index contributed by atoms with van der Waals surface area (Å²) in [5.41, 5.74) is 3.62. The molecule has 0 saturated heterocycles. The fraction of sp³-hybridized carbons (Fsp3) is 0.0476. The second-order valence-corrected chi connectivity index (χ2v) is 5.91. The summed E-state index contributed by atoms with van der Waals surface area (Å²) in [6, 6.07) is 21.4. The van der Waals surface area contributed by atoms with Crippen molar-refractivity contribution >= 4 is 27.6 Å². The number of aromatic nitrogens is 1. The van der Waals surface area contributed by atoms with Gasteiger partial charge in [0.1, 0.15) is 0 Å². The number of fused-ring (bicyclic) bond motifs is 2. The maximum Gasteiger partial charge on any atom is 0.336 e. The summed E-state index contributed by atoms with van der Waals surface area (Å²) in [6.45, 7) is 1.95. The van der Waals surface area contributed by atoms with E-state index in [0.29, 0.717) is 16.6 Å². The number of carbonyl (C=O) groups is 1. The van der Waals surface area contributed by atoms with Crippen molar-refractivity contribution in [2.45, 2.75) is 6.92 Å². The molecular formula is C21H15NO2. The van der Waals surface area contributed by atoms with Crippen molar-refractivity contribution in [2.75, 3.05) is 0 Å². The molecule has 0 bridgehead atoms. The minimum Gasteiger partial charge on any atom is -0.478 e. The number of carboxylic acid groups (broad SMARTS) is 1. The zero-order valence-electron chi connectivity index (χ0n) is 13.2. The number of benzene rings is 3. The molecule has 0 atom stereocenters. The number of rotatable bonds is 2. The molecule has 4 rings (SSSR count). The molecule has 1 aromatic heterocycles. The fourth-order valence-corrected chi connectivity index (χ4v) is 3.10. The SMILES string of the molecule is Cc1ccc2nc(-c3cccc4ccccc34)cc(C(=O)O)c2c1. The van der Waals surface area contributed by atoms with Crippen LogP contribution in [0.15, 0.2) is 66.7 Å². The maximum absolute atomic E-state index is 11.7. The second kappa shape index (κ2) is 5.46. The summed E-state index contributed by atoms with van der Waals surface area (Å²) in [6.07, 6.45) is 0. The van der Waals surface area contributed by atoms with Gasteiger partial charge in [0.25, 0.3) is 0 Å². The molecule has 0 radical (unpaired) electrons. The third-order valence-corrected chi connectivity index (χ3v) is 4.26. The third kappa shape index (κ3) is 2.31. The Hall–Kier alpha value is -3.20. The highest BCUT2D eigenvalue weighted by Gasteiger charge is 2.14. The van der Waals surface area contributed by atoms with E-state index in [-0.39, 0.29) is 5.56 Å². The largest absolute Gasteiger partial charge is 0.478 e. The van der Waals surface area contributed by atoms with Crippen LogP contribution in [-0.2, 0) is 0 Å². The van der Waals surface area contributed by atoms with E-state index in [0.717, 1.165) is 21.9 Å². The van der Waals surface area contributed by atoms with E-state index in [2.05, 4.69) is 0 Å². The first kappa shape index (κ1) is 14.4. The Labute approximate surface area is 139 Å². The summed E-state index contributed by atoms with van der Waals surface area (Å²) in [5, 5.41) is 12.5. The molecule has 0 amide bonds. The molecule has 0 aliphatic heterocycles. The van der Waals surface area contributed by atoms with E-state index in [4.69, 9.17) is 4.98 Å². The first-order valence-electron chi connectivity index (χ1n) is 7.76. The van der Waals surface area contributed by atoms with E-state index >= 15 is 0 Å². The van der Waals surface area contributed by atoms with Gasteiger partial charge in [-0.2, -0.15) is 0 Å². The molecule has 116 valence electrons. The predicted octanol–water partition coefficient (Wildman–Crippen LogP) is 5.06. The average Bonchev–Trinajstić information content (AvgIpc) is 2.60. The molecule has 1 heterocycles. The van der Waals surface area contributed by atoms with Gasteiger partial charge in [0.2, 0.25) is 0 Å². The van der Waals surface area contributed by atoms with Gasteiger partial charge in [-0.1, -0.05) is 54.1 Å². The van der Waals surface area contributed by atoms with Gasteiger partial charge in [0.05, 0.1) is 16.8 Å². The van der Waals surface area contributed by atoms with Crippen molar-refractivity contribution < 1.29 is 9.90 Å². The molecule has 24 heavy (non-hydrogen) atoms. The Balaban J connectivity index is 2.07. The molecule has 0 aliphatic rings. The van der Waals surface area contributed by atoms with Gasteiger partial charge in [-0.05, 0) is 35.9 Å². The van der Waals surface area contributed by atoms with Crippen molar-refractivity contribution in [3.05, 3.63) is 77.9 Å². The standard InChI is InChI=1S/C21H15NO2/c1-13-9-10-19-17(11-13)18(21(23)24)12-20(22-19)16-8-4-6-14-5-2-3-7-15(14)16/h2-12H,1H3,(H,23,24). The zero-order chi connectivity index (χ0) is 16.7. The monoisotopic (exact) mass is 313 g/mol. The van der Waals surface area contributed by atoms with Crippen LogP contribution in [0, 0.1) is 6.92 Å². The fourth-order valence-electron chi connectivity index (χ4n) is 3.10. The highest BCUT2D eigenvalue weighted by Crippen LogP contribution is 2.30. The van der Waals surface area contributed by atoms with Crippen LogP contribution in [0.5, 0.6) is 0 Å².